The molecule has 0 aliphatic carbocycles. The van der Waals surface area contributed by atoms with Crippen LogP contribution in [0, 0.1) is 0 Å². The first-order valence-electron chi connectivity index (χ1n) is 13.0. The van der Waals surface area contributed by atoms with E-state index in [1.54, 1.807) is 12.1 Å². The van der Waals surface area contributed by atoms with E-state index in [9.17, 15) is 35.9 Å². The number of nitrogens with one attached hydrogen (secondary N) is 1. The van der Waals surface area contributed by atoms with Gasteiger partial charge in [-0.05, 0) is 23.8 Å². The molecule has 2 aromatic heterocycles. The number of fused-ring (bicyclic) bond motifs is 1. The number of alkyl halides is 6. The van der Waals surface area contributed by atoms with Gasteiger partial charge in [-0.2, -0.15) is 18.3 Å². The Balaban J connectivity index is 1.38. The van der Waals surface area contributed by atoms with Crippen LogP contribution >= 0.6 is 11.6 Å². The second kappa shape index (κ2) is 11.2. The van der Waals surface area contributed by atoms with Gasteiger partial charge in [0.1, 0.15) is 24.4 Å². The third kappa shape index (κ3) is 6.41. The summed E-state index contributed by atoms with van der Waals surface area (Å²) in [5.41, 5.74) is 8.23. The Labute approximate surface area is 240 Å². The summed E-state index contributed by atoms with van der Waals surface area (Å²) < 4.78 is 81.3. The highest BCUT2D eigenvalue weighted by Gasteiger charge is 2.41. The molecule has 42 heavy (non-hydrogen) atoms. The number of anilines is 1. The summed E-state index contributed by atoms with van der Waals surface area (Å²) in [4.78, 5) is 31.7. The molecular formula is C26H26ClF6N7O2. The van der Waals surface area contributed by atoms with E-state index in [1.165, 1.54) is 23.0 Å². The van der Waals surface area contributed by atoms with E-state index in [4.69, 9.17) is 17.3 Å². The summed E-state index contributed by atoms with van der Waals surface area (Å²) in [7, 11) is 0. The Morgan fingerprint density at radius 2 is 1.86 bits per heavy atom. The predicted molar refractivity (Wildman–Crippen MR) is 141 cm³/mol. The van der Waals surface area contributed by atoms with E-state index in [1.807, 2.05) is 4.90 Å². The normalized spacial score (nSPS) is 21.2. The lowest BCUT2D eigenvalue weighted by Gasteiger charge is -2.31. The Morgan fingerprint density at radius 1 is 1.14 bits per heavy atom. The van der Waals surface area contributed by atoms with Gasteiger partial charge in [0.25, 0.3) is 11.8 Å². The zero-order valence-corrected chi connectivity index (χ0v) is 22.7. The number of benzene rings is 1. The molecule has 1 aromatic carbocycles. The van der Waals surface area contributed by atoms with Crippen molar-refractivity contribution >= 4 is 34.7 Å². The molecule has 0 spiro atoms. The zero-order chi connectivity index (χ0) is 30.4. The molecule has 0 bridgehead atoms. The molecule has 9 nitrogen and oxygen atoms in total. The first-order valence-corrected chi connectivity index (χ1v) is 13.4. The summed E-state index contributed by atoms with van der Waals surface area (Å²) >= 11 is 6.29. The monoisotopic (exact) mass is 617 g/mol. The van der Waals surface area contributed by atoms with Crippen LogP contribution in [0.1, 0.15) is 35.2 Å². The van der Waals surface area contributed by atoms with Gasteiger partial charge in [0.2, 0.25) is 5.91 Å². The lowest BCUT2D eigenvalue weighted by atomic mass is 10.0. The number of rotatable bonds is 6. The average Bonchev–Trinajstić information content (AvgIpc) is 3.46. The number of halogens is 7. The van der Waals surface area contributed by atoms with Crippen LogP contribution in [0.25, 0.3) is 16.8 Å². The standard InChI is InChI=1S/C26H26ClF6N7O2/c27-17-2-1-14(7-16(17)24(42)37-19-12-39(11-18(19)28)21(41)9-26(31,32)33)20-8-15(22-23(34)35-13-36-40(20)22)10-38-5-3-25(29,30)4-6-38/h1-2,7-8,13,18-19H,3-6,9-12H2,(H,37,42)(H2,34,35,36)/t18-,19+/m0/s1. The summed E-state index contributed by atoms with van der Waals surface area (Å²) in [6, 6.07) is 5.03. The van der Waals surface area contributed by atoms with Gasteiger partial charge >= 0.3 is 6.18 Å². The Kier molecular flexibility index (Phi) is 8.00. The fourth-order valence-electron chi connectivity index (χ4n) is 5.24. The van der Waals surface area contributed by atoms with Crippen molar-refractivity contribution in [2.24, 2.45) is 0 Å². The van der Waals surface area contributed by atoms with Crippen molar-refractivity contribution in [3.05, 3.63) is 46.7 Å². The fraction of sp³-hybridized carbons (Fsp3) is 0.462. The molecule has 2 aliphatic rings. The first-order chi connectivity index (χ1) is 19.7. The smallest absolute Gasteiger partial charge is 0.382 e. The highest BCUT2D eigenvalue weighted by molar-refractivity contribution is 6.34. The van der Waals surface area contributed by atoms with E-state index >= 15 is 0 Å². The van der Waals surface area contributed by atoms with Crippen LogP contribution in [-0.4, -0.2) is 86.7 Å². The largest absolute Gasteiger partial charge is 0.397 e. The number of aromatic nitrogens is 3. The van der Waals surface area contributed by atoms with Crippen LogP contribution in [0.3, 0.4) is 0 Å². The molecule has 2 aliphatic heterocycles. The van der Waals surface area contributed by atoms with Gasteiger partial charge in [-0.1, -0.05) is 17.7 Å². The molecule has 5 rings (SSSR count). The van der Waals surface area contributed by atoms with E-state index in [0.717, 1.165) is 4.90 Å². The summed E-state index contributed by atoms with van der Waals surface area (Å²) in [6.07, 6.45) is -7.52. The minimum atomic E-state index is -4.74. The van der Waals surface area contributed by atoms with Gasteiger partial charge in [-0.3, -0.25) is 14.5 Å². The number of nitrogens with two attached hydrogens (primary N) is 1. The van der Waals surface area contributed by atoms with Gasteiger partial charge in [-0.15, -0.1) is 0 Å². The number of hydrogen-bond donors (Lipinski definition) is 2. The van der Waals surface area contributed by atoms with Gasteiger partial charge in [0.05, 0.1) is 28.9 Å². The highest BCUT2D eigenvalue weighted by Crippen LogP contribution is 2.33. The van der Waals surface area contributed by atoms with E-state index in [2.05, 4.69) is 15.4 Å². The van der Waals surface area contributed by atoms with Gasteiger partial charge in [0, 0.05) is 44.6 Å². The molecule has 2 fully saturated rings. The maximum absolute atomic E-state index is 14.6. The highest BCUT2D eigenvalue weighted by atomic mass is 35.5. The molecule has 2 atom stereocenters. The van der Waals surface area contributed by atoms with Crippen molar-refractivity contribution in [3.63, 3.8) is 0 Å². The van der Waals surface area contributed by atoms with Crippen molar-refractivity contribution in [2.45, 2.75) is 50.1 Å². The maximum atomic E-state index is 14.6. The van der Waals surface area contributed by atoms with Crippen molar-refractivity contribution in [1.29, 1.82) is 0 Å². The molecule has 16 heteroatoms. The minimum Gasteiger partial charge on any atom is -0.382 e. The Morgan fingerprint density at radius 3 is 2.55 bits per heavy atom. The number of amides is 2. The zero-order valence-electron chi connectivity index (χ0n) is 22.0. The molecule has 0 unspecified atom stereocenters. The third-order valence-electron chi connectivity index (χ3n) is 7.42. The molecule has 4 heterocycles. The molecular weight excluding hydrogens is 592 g/mol. The van der Waals surface area contributed by atoms with Crippen LogP contribution < -0.4 is 11.1 Å². The maximum Gasteiger partial charge on any atom is 0.397 e. The molecule has 3 aromatic rings. The number of piperidine rings is 1. The second-order valence-electron chi connectivity index (χ2n) is 10.5. The van der Waals surface area contributed by atoms with Crippen LogP contribution in [-0.2, 0) is 11.3 Å². The van der Waals surface area contributed by atoms with Gasteiger partial charge < -0.3 is 16.0 Å². The topological polar surface area (TPSA) is 109 Å². The van der Waals surface area contributed by atoms with Crippen LogP contribution in [0.5, 0.6) is 0 Å². The second-order valence-corrected chi connectivity index (χ2v) is 10.9. The molecule has 226 valence electrons. The fourth-order valence-corrected chi connectivity index (χ4v) is 5.45. The quantitative estimate of drug-likeness (QED) is 0.404. The van der Waals surface area contributed by atoms with Crippen LogP contribution in [0.4, 0.5) is 32.2 Å². The Bertz CT molecular complexity index is 1500. The predicted octanol–water partition coefficient (Wildman–Crippen LogP) is 4.09. The number of hydrogen-bond acceptors (Lipinski definition) is 6. The van der Waals surface area contributed by atoms with Crippen LogP contribution in [0.15, 0.2) is 30.6 Å². The molecule has 0 radical (unpaired) electrons. The number of nitrogen functional groups attached to an aromatic ring is 1. The first kappa shape index (κ1) is 29.9. The van der Waals surface area contributed by atoms with E-state index < -0.39 is 55.6 Å². The van der Waals surface area contributed by atoms with E-state index in [-0.39, 0.29) is 42.3 Å². The lowest BCUT2D eigenvalue weighted by molar-refractivity contribution is -0.160. The molecule has 3 N–H and O–H groups in total. The minimum absolute atomic E-state index is 0.0270. The summed E-state index contributed by atoms with van der Waals surface area (Å²) in [6.45, 7) is -0.322. The summed E-state index contributed by atoms with van der Waals surface area (Å²) in [5.74, 6) is -4.60. The van der Waals surface area contributed by atoms with Crippen molar-refractivity contribution in [2.75, 3.05) is 31.9 Å². The number of likely N-dealkylation sites (tertiary alicyclic amines) is 2. The third-order valence-corrected chi connectivity index (χ3v) is 7.75. The lowest BCUT2D eigenvalue weighted by Crippen LogP contribution is -2.42. The van der Waals surface area contributed by atoms with Gasteiger partial charge in [-0.25, -0.2) is 22.7 Å². The van der Waals surface area contributed by atoms with E-state index in [0.29, 0.717) is 28.9 Å². The van der Waals surface area contributed by atoms with Crippen molar-refractivity contribution < 1.29 is 35.9 Å². The summed E-state index contributed by atoms with van der Waals surface area (Å²) in [5, 5.41) is 6.74. The van der Waals surface area contributed by atoms with Crippen LogP contribution in [0.2, 0.25) is 5.02 Å². The number of carbonyl (C=O) groups is 2. The van der Waals surface area contributed by atoms with Gasteiger partial charge in [0.15, 0.2) is 5.82 Å². The molecule has 2 amide bonds. The SMILES string of the molecule is Nc1ncnn2c(-c3ccc(Cl)c(C(=O)N[C@@H]4CN(C(=O)CC(F)(F)F)C[C@@H]4F)c3)cc(CN3CCC(F)(F)CC3)c12. The molecule has 2 saturated heterocycles. The van der Waals surface area contributed by atoms with Crippen molar-refractivity contribution in [1.82, 2.24) is 29.7 Å². The number of carbonyl (C=O) groups excluding carboxylic acids is 2. The Hall–Kier alpha value is -3.59. The molecule has 0 saturated carbocycles. The van der Waals surface area contributed by atoms with Crippen molar-refractivity contribution in [3.8, 4) is 11.3 Å². The average molecular weight is 618 g/mol. The number of nitrogens with zero attached hydrogens (tertiary/aromatic N) is 5.